The molecule has 2 nitrogen and oxygen atoms in total. The van der Waals surface area contributed by atoms with Crippen molar-refractivity contribution in [1.29, 1.82) is 0 Å². The Morgan fingerprint density at radius 1 is 0.542 bits per heavy atom. The average Bonchev–Trinajstić information content (AvgIpc) is 2.98. The van der Waals surface area contributed by atoms with E-state index in [4.69, 9.17) is 0 Å². The maximum Gasteiger partial charge on any atom is 2.00 e. The predicted octanol–water partition coefficient (Wildman–Crippen LogP) is 6.11. The molecule has 0 atom stereocenters. The summed E-state index contributed by atoms with van der Waals surface area (Å²) < 4.78 is 0. The fraction of sp³-hybridized carbons (Fsp3) is 0.650. The van der Waals surface area contributed by atoms with Gasteiger partial charge in [0.1, 0.15) is 11.6 Å². The third-order valence-corrected chi connectivity index (χ3v) is 6.55. The van der Waals surface area contributed by atoms with Crippen molar-refractivity contribution >= 4 is 8.58 Å². The quantitative estimate of drug-likeness (QED) is 0.326. The van der Waals surface area contributed by atoms with Crippen LogP contribution in [0.2, 0.25) is 0 Å². The molecule has 0 unspecified atom stereocenters. The second-order valence-electron chi connectivity index (χ2n) is 8.58. The smallest absolute Gasteiger partial charge is 0.129 e. The second kappa shape index (κ2) is 9.26. The minimum atomic E-state index is 0. The molecule has 0 bridgehead atoms. The summed E-state index contributed by atoms with van der Waals surface area (Å²) in [6.07, 6.45) is 0. The van der Waals surface area contributed by atoms with Crippen molar-refractivity contribution in [3.63, 3.8) is 0 Å². The zero-order valence-electron chi connectivity index (χ0n) is 17.2. The Bertz CT molecular complexity index is 310. The standard InChI is InChI=1S/C10H18N2P.C10H15.Ru/c1-9(2,3)7-11-12-8(13-7)10(4,5)6;1-6-7(2)9(4)10(5)8(6)3;/h1-6H3;1-5H3;/q;;+2. The maximum atomic E-state index is 4.25. The summed E-state index contributed by atoms with van der Waals surface area (Å²) >= 11 is 0. The Hall–Kier alpha value is 0.973. The van der Waals surface area contributed by atoms with Crippen LogP contribution < -0.4 is 10.9 Å². The molecule has 0 aromatic carbocycles. The molecule has 4 heteroatoms. The van der Waals surface area contributed by atoms with Gasteiger partial charge in [0, 0.05) is 0 Å². The first-order valence-electron chi connectivity index (χ1n) is 8.34. The van der Waals surface area contributed by atoms with Crippen LogP contribution in [0, 0.1) is 52.0 Å². The molecule has 2 rings (SSSR count). The largest absolute Gasteiger partial charge is 2.00 e. The Labute approximate surface area is 167 Å². The van der Waals surface area contributed by atoms with Gasteiger partial charge >= 0.3 is 19.5 Å². The first kappa shape index (κ1) is 25.0. The zero-order chi connectivity index (χ0) is 18.2. The van der Waals surface area contributed by atoms with Crippen LogP contribution in [0.15, 0.2) is 0 Å². The summed E-state index contributed by atoms with van der Waals surface area (Å²) in [6, 6.07) is 0. The maximum absolute atomic E-state index is 4.25. The first-order chi connectivity index (χ1) is 10.3. The molecule has 0 N–H and O–H groups in total. The van der Waals surface area contributed by atoms with E-state index in [1.165, 1.54) is 49.7 Å². The van der Waals surface area contributed by atoms with Gasteiger partial charge in [0.05, 0.1) is 0 Å². The van der Waals surface area contributed by atoms with Crippen LogP contribution >= 0.6 is 8.58 Å². The summed E-state index contributed by atoms with van der Waals surface area (Å²) in [5, 5.41) is 0. The van der Waals surface area contributed by atoms with Crippen molar-refractivity contribution in [3.05, 3.63) is 41.2 Å². The van der Waals surface area contributed by atoms with Gasteiger partial charge in [-0.1, -0.05) is 76.2 Å². The van der Waals surface area contributed by atoms with Crippen LogP contribution in [0.5, 0.6) is 0 Å². The molecule has 1 heterocycles. The third kappa shape index (κ3) is 6.30. The summed E-state index contributed by atoms with van der Waals surface area (Å²) in [4.78, 5) is 0. The molecule has 1 aliphatic carbocycles. The monoisotopic (exact) mass is 434 g/mol. The number of hydrogen-bond donors (Lipinski definition) is 0. The van der Waals surface area contributed by atoms with E-state index >= 15 is 0 Å². The van der Waals surface area contributed by atoms with Crippen LogP contribution in [-0.2, 0) is 19.5 Å². The SMILES string of the molecule is CC(C)(C)[C]1[N][N][C](C(C)(C)C)[P]1.C[C]1[C](C)[C](C)[C](C)[C]1C.[Ru+2]. The molecular weight excluding hydrogens is 400 g/mol. The molecule has 0 spiro atoms. The van der Waals surface area contributed by atoms with Crippen molar-refractivity contribution in [2.75, 3.05) is 0 Å². The Morgan fingerprint density at radius 2 is 0.750 bits per heavy atom. The Morgan fingerprint density at radius 3 is 0.875 bits per heavy atom. The molecular formula is C20H33N2PRu+2. The van der Waals surface area contributed by atoms with Crippen LogP contribution in [-0.4, -0.2) is 0 Å². The van der Waals surface area contributed by atoms with E-state index in [9.17, 15) is 0 Å². The van der Waals surface area contributed by atoms with Crippen molar-refractivity contribution in [2.24, 2.45) is 10.8 Å². The summed E-state index contributed by atoms with van der Waals surface area (Å²) in [7, 11) is 1.21. The van der Waals surface area contributed by atoms with Gasteiger partial charge in [-0.3, -0.25) is 0 Å². The van der Waals surface area contributed by atoms with E-state index in [-0.39, 0.29) is 30.3 Å². The minimum Gasteiger partial charge on any atom is -0.129 e. The van der Waals surface area contributed by atoms with Gasteiger partial charge in [-0.05, 0) is 49.0 Å². The van der Waals surface area contributed by atoms with Crippen LogP contribution in [0.25, 0.3) is 0 Å². The fourth-order valence-electron chi connectivity index (χ4n) is 2.28. The molecule has 0 amide bonds. The molecule has 1 aliphatic heterocycles. The zero-order valence-corrected chi connectivity index (χ0v) is 19.8. The number of nitrogens with zero attached hydrogens (tertiary/aromatic N) is 2. The summed E-state index contributed by atoms with van der Waals surface area (Å²) in [6.45, 7) is 24.1. The van der Waals surface area contributed by atoms with E-state index in [1.54, 1.807) is 0 Å². The molecule has 0 aromatic heterocycles. The van der Waals surface area contributed by atoms with E-state index in [0.29, 0.717) is 0 Å². The van der Waals surface area contributed by atoms with Crippen LogP contribution in [0.3, 0.4) is 0 Å². The van der Waals surface area contributed by atoms with E-state index in [0.717, 1.165) is 0 Å². The fourth-order valence-corrected chi connectivity index (χ4v) is 3.33. The molecule has 2 fully saturated rings. The van der Waals surface area contributed by atoms with Crippen molar-refractivity contribution in [3.8, 4) is 0 Å². The second-order valence-corrected chi connectivity index (χ2v) is 9.65. The molecule has 0 aromatic rings. The van der Waals surface area contributed by atoms with Crippen LogP contribution in [0.1, 0.15) is 76.2 Å². The van der Waals surface area contributed by atoms with E-state index in [2.05, 4.69) is 87.0 Å². The Kier molecular flexibility index (Phi) is 9.63. The third-order valence-electron chi connectivity index (χ3n) is 4.61. The first-order valence-corrected chi connectivity index (χ1v) is 9.24. The van der Waals surface area contributed by atoms with Gasteiger partial charge < -0.3 is 0 Å². The summed E-state index contributed by atoms with van der Waals surface area (Å²) in [5.41, 5.74) is 8.80. The topological polar surface area (TPSA) is 28.2 Å². The number of rotatable bonds is 0. The van der Waals surface area contributed by atoms with Crippen molar-refractivity contribution in [2.45, 2.75) is 76.2 Å². The molecule has 1 saturated heterocycles. The summed E-state index contributed by atoms with van der Waals surface area (Å²) in [5.74, 6) is 9.69. The molecule has 1 saturated carbocycles. The van der Waals surface area contributed by atoms with Gasteiger partial charge in [0.25, 0.3) is 0 Å². The van der Waals surface area contributed by atoms with Gasteiger partial charge in [0.15, 0.2) is 0 Å². The average molecular weight is 434 g/mol. The van der Waals surface area contributed by atoms with E-state index in [1.807, 2.05) is 0 Å². The van der Waals surface area contributed by atoms with Gasteiger partial charge in [-0.15, -0.1) is 10.9 Å². The van der Waals surface area contributed by atoms with E-state index < -0.39 is 0 Å². The molecule has 24 heavy (non-hydrogen) atoms. The minimum absolute atomic E-state index is 0. The van der Waals surface area contributed by atoms with Crippen molar-refractivity contribution in [1.82, 2.24) is 10.9 Å². The molecule has 2 aliphatic rings. The van der Waals surface area contributed by atoms with Crippen LogP contribution in [0.4, 0.5) is 0 Å². The van der Waals surface area contributed by atoms with Gasteiger partial charge in [-0.2, -0.15) is 0 Å². The van der Waals surface area contributed by atoms with Gasteiger partial charge in [-0.25, -0.2) is 0 Å². The molecule has 134 valence electrons. The normalized spacial score (nSPS) is 24.1. The number of hydrogen-bond acceptors (Lipinski definition) is 0. The molecule has 10 radical (unpaired) electrons. The predicted molar refractivity (Wildman–Crippen MR) is 101 cm³/mol. The Balaban J connectivity index is 0.000000436. The van der Waals surface area contributed by atoms with Gasteiger partial charge in [0.2, 0.25) is 0 Å². The van der Waals surface area contributed by atoms with Crippen molar-refractivity contribution < 1.29 is 19.5 Å².